The summed E-state index contributed by atoms with van der Waals surface area (Å²) >= 11 is 0. The average molecular weight is 725 g/mol. The van der Waals surface area contributed by atoms with Gasteiger partial charge in [-0.05, 0) is 101 Å². The van der Waals surface area contributed by atoms with E-state index in [0.717, 1.165) is 82.8 Å². The highest BCUT2D eigenvalue weighted by atomic mass is 15.1. The molecule has 8 aromatic carbocycles. The maximum Gasteiger partial charge on any atom is 0.189 e. The summed E-state index contributed by atoms with van der Waals surface area (Å²) in [6.07, 6.45) is 0. The summed E-state index contributed by atoms with van der Waals surface area (Å²) in [4.78, 5) is 7.63. The first kappa shape index (κ1) is 32.1. The van der Waals surface area contributed by atoms with Gasteiger partial charge in [0.2, 0.25) is 0 Å². The van der Waals surface area contributed by atoms with Crippen LogP contribution >= 0.6 is 0 Å². The molecule has 11 rings (SSSR count). The lowest BCUT2D eigenvalue weighted by Crippen LogP contribution is -2.00. The first-order valence-electron chi connectivity index (χ1n) is 18.6. The predicted molar refractivity (Wildman–Crippen MR) is 232 cm³/mol. The third kappa shape index (κ3) is 4.74. The fourth-order valence-electron chi connectivity index (χ4n) is 8.82. The number of fused-ring (bicyclic) bond motifs is 9. The van der Waals surface area contributed by atoms with Gasteiger partial charge in [0, 0.05) is 38.3 Å². The van der Waals surface area contributed by atoms with Crippen molar-refractivity contribution in [1.29, 1.82) is 5.26 Å². The molecule has 3 aromatic heterocycles. The molecule has 57 heavy (non-hydrogen) atoms. The third-order valence-electron chi connectivity index (χ3n) is 11.2. The number of hydrogen-bond acceptors (Lipinski definition) is 1. The molecule has 0 bridgehead atoms. The summed E-state index contributed by atoms with van der Waals surface area (Å²) in [5.74, 6) is 0. The molecule has 0 aliphatic heterocycles. The molecule has 0 radical (unpaired) electrons. The molecule has 0 spiro atoms. The second kappa shape index (κ2) is 12.3. The molecule has 0 amide bonds. The minimum Gasteiger partial charge on any atom is -0.310 e. The number of nitriles is 1. The summed E-state index contributed by atoms with van der Waals surface area (Å²) in [5.41, 5.74) is 12.9. The molecule has 3 heterocycles. The summed E-state index contributed by atoms with van der Waals surface area (Å²) < 4.78 is 6.85. The van der Waals surface area contributed by atoms with E-state index < -0.39 is 0 Å². The number of aromatic nitrogens is 3. The van der Waals surface area contributed by atoms with Crippen LogP contribution in [-0.2, 0) is 0 Å². The molecule has 0 aliphatic rings. The van der Waals surface area contributed by atoms with Crippen molar-refractivity contribution in [1.82, 2.24) is 13.7 Å². The monoisotopic (exact) mass is 724 g/mol. The van der Waals surface area contributed by atoms with Crippen molar-refractivity contribution in [2.24, 2.45) is 0 Å². The normalized spacial score (nSPS) is 11.5. The van der Waals surface area contributed by atoms with Gasteiger partial charge in [0.15, 0.2) is 11.4 Å². The van der Waals surface area contributed by atoms with Crippen LogP contribution in [0.2, 0.25) is 0 Å². The van der Waals surface area contributed by atoms with E-state index in [4.69, 9.17) is 13.1 Å². The van der Waals surface area contributed by atoms with Crippen LogP contribution in [-0.4, -0.2) is 13.7 Å². The van der Waals surface area contributed by atoms with Crippen molar-refractivity contribution >= 4 is 76.8 Å². The molecule has 0 fully saturated rings. The van der Waals surface area contributed by atoms with E-state index in [1.807, 2.05) is 48.5 Å². The van der Waals surface area contributed by atoms with E-state index in [2.05, 4.69) is 151 Å². The fraction of sp³-hybridized carbons (Fsp3) is 0. The van der Waals surface area contributed by atoms with Gasteiger partial charge in [-0.3, -0.25) is 0 Å². The van der Waals surface area contributed by atoms with Gasteiger partial charge in [-0.1, -0.05) is 84.9 Å². The Labute approximate surface area is 327 Å². The SMILES string of the molecule is [C-]#[N+]c1cc(-c2ccc(-n3c4ccccc4c4cccc(-n5c6ccc(C#N)cc6c6cc([N+]#[C-])ccc65)c43)cc2)cc(-n2c3ccccc3c3ccccc32)c1. The van der Waals surface area contributed by atoms with Gasteiger partial charge in [-0.2, -0.15) is 5.26 Å². The molecule has 11 aromatic rings. The molecule has 0 aliphatic carbocycles. The van der Waals surface area contributed by atoms with Crippen LogP contribution < -0.4 is 0 Å². The van der Waals surface area contributed by atoms with Gasteiger partial charge in [0.25, 0.3) is 0 Å². The Morgan fingerprint density at radius 2 is 0.982 bits per heavy atom. The number of para-hydroxylation sites is 4. The minimum atomic E-state index is 0.556. The van der Waals surface area contributed by atoms with Crippen LogP contribution in [0.1, 0.15) is 5.56 Å². The molecule has 0 saturated heterocycles. The fourth-order valence-corrected chi connectivity index (χ4v) is 8.82. The van der Waals surface area contributed by atoms with E-state index in [1.54, 1.807) is 0 Å². The largest absolute Gasteiger partial charge is 0.310 e. The number of benzene rings is 8. The molecule has 262 valence electrons. The van der Waals surface area contributed by atoms with Gasteiger partial charge in [-0.15, -0.1) is 0 Å². The average Bonchev–Trinajstić information content (AvgIpc) is 3.91. The highest BCUT2D eigenvalue weighted by Gasteiger charge is 2.21. The van der Waals surface area contributed by atoms with Crippen molar-refractivity contribution in [3.8, 4) is 34.3 Å². The zero-order valence-corrected chi connectivity index (χ0v) is 30.3. The minimum absolute atomic E-state index is 0.556. The lowest BCUT2D eigenvalue weighted by molar-refractivity contribution is 1.13. The van der Waals surface area contributed by atoms with Crippen molar-refractivity contribution in [2.45, 2.75) is 0 Å². The van der Waals surface area contributed by atoms with Crippen molar-refractivity contribution in [2.75, 3.05) is 0 Å². The number of nitrogens with zero attached hydrogens (tertiary/aromatic N) is 6. The molecule has 0 saturated carbocycles. The molecule has 0 N–H and O–H groups in total. The van der Waals surface area contributed by atoms with Gasteiger partial charge in [0.05, 0.1) is 63.6 Å². The lowest BCUT2D eigenvalue weighted by atomic mass is 10.0. The first-order valence-corrected chi connectivity index (χ1v) is 18.6. The second-order valence-corrected chi connectivity index (χ2v) is 14.3. The summed E-state index contributed by atoms with van der Waals surface area (Å²) in [5, 5.41) is 16.3. The number of rotatable bonds is 4. The van der Waals surface area contributed by atoms with Gasteiger partial charge in [0.1, 0.15) is 0 Å². The molecular weight excluding hydrogens is 697 g/mol. The van der Waals surface area contributed by atoms with Crippen molar-refractivity contribution in [3.63, 3.8) is 0 Å². The Morgan fingerprint density at radius 1 is 0.404 bits per heavy atom. The molecule has 0 atom stereocenters. The Balaban J connectivity index is 1.12. The van der Waals surface area contributed by atoms with Crippen LogP contribution in [0, 0.1) is 24.5 Å². The molecular formula is C51H28N6. The maximum absolute atomic E-state index is 9.81. The Bertz CT molecular complexity index is 3490. The Morgan fingerprint density at radius 3 is 1.65 bits per heavy atom. The molecule has 0 unspecified atom stereocenters. The highest BCUT2D eigenvalue weighted by Crippen LogP contribution is 2.41. The summed E-state index contributed by atoms with van der Waals surface area (Å²) in [6, 6.07) is 60.4. The van der Waals surface area contributed by atoms with Crippen LogP contribution in [0.25, 0.3) is 103 Å². The van der Waals surface area contributed by atoms with Gasteiger partial charge < -0.3 is 13.7 Å². The standard InChI is InChI=1S/C51H28N6/c1-53-35-21-25-49-44(30-35)43-26-32(31-52)18-24-48(43)57(49)50-17-9-13-42-41-12-5-8-16-47(41)56(51(42)50)37-22-19-33(20-23-37)34-27-36(54-2)29-38(28-34)55-45-14-6-3-10-39(45)40-11-4-7-15-46(40)55/h3-30H. The zero-order valence-electron chi connectivity index (χ0n) is 30.3. The van der Waals surface area contributed by atoms with E-state index >= 15 is 0 Å². The van der Waals surface area contributed by atoms with E-state index in [-0.39, 0.29) is 0 Å². The molecule has 6 nitrogen and oxygen atoms in total. The van der Waals surface area contributed by atoms with Crippen LogP contribution in [0.15, 0.2) is 170 Å². The van der Waals surface area contributed by atoms with Crippen molar-refractivity contribution < 1.29 is 0 Å². The van der Waals surface area contributed by atoms with E-state index in [9.17, 15) is 5.26 Å². The van der Waals surface area contributed by atoms with Crippen molar-refractivity contribution in [3.05, 3.63) is 198 Å². The third-order valence-corrected chi connectivity index (χ3v) is 11.2. The maximum atomic E-state index is 9.81. The second-order valence-electron chi connectivity index (χ2n) is 14.3. The van der Waals surface area contributed by atoms with Crippen LogP contribution in [0.3, 0.4) is 0 Å². The van der Waals surface area contributed by atoms with E-state index in [1.165, 1.54) is 10.8 Å². The van der Waals surface area contributed by atoms with Crippen LogP contribution in [0.5, 0.6) is 0 Å². The smallest absolute Gasteiger partial charge is 0.189 e. The zero-order chi connectivity index (χ0) is 38.2. The Kier molecular flexibility index (Phi) is 6.95. The summed E-state index contributed by atoms with van der Waals surface area (Å²) in [7, 11) is 0. The van der Waals surface area contributed by atoms with Gasteiger partial charge in [-0.25, -0.2) is 9.69 Å². The topological polar surface area (TPSA) is 47.3 Å². The quantitative estimate of drug-likeness (QED) is 0.167. The summed E-state index contributed by atoms with van der Waals surface area (Å²) in [6.45, 7) is 15.7. The van der Waals surface area contributed by atoms with Crippen LogP contribution in [0.4, 0.5) is 11.4 Å². The number of hydrogen-bond donors (Lipinski definition) is 0. The first-order chi connectivity index (χ1) is 28.1. The lowest BCUT2D eigenvalue weighted by Gasteiger charge is -2.15. The highest BCUT2D eigenvalue weighted by molar-refractivity contribution is 6.15. The van der Waals surface area contributed by atoms with Gasteiger partial charge >= 0.3 is 0 Å². The van der Waals surface area contributed by atoms with E-state index in [0.29, 0.717) is 16.9 Å². The predicted octanol–water partition coefficient (Wildman–Crippen LogP) is 13.6. The molecule has 6 heteroatoms. The Hall–Kier alpha value is -8.37.